The van der Waals surface area contributed by atoms with Crippen LogP contribution in [0.2, 0.25) is 0 Å². The molecule has 1 aromatic carbocycles. The summed E-state index contributed by atoms with van der Waals surface area (Å²) in [4.78, 5) is 14.9. The summed E-state index contributed by atoms with van der Waals surface area (Å²) in [6.45, 7) is 0. The molecule has 102 valence electrons. The van der Waals surface area contributed by atoms with E-state index in [2.05, 4.69) is 20.9 Å². The largest absolute Gasteiger partial charge is 0.429 e. The highest BCUT2D eigenvalue weighted by atomic mass is 79.9. The number of hydrogen-bond donors (Lipinski definition) is 0. The van der Waals surface area contributed by atoms with E-state index in [0.717, 1.165) is 0 Å². The number of aromatic nitrogens is 2. The van der Waals surface area contributed by atoms with Crippen molar-refractivity contribution in [1.29, 1.82) is 0 Å². The summed E-state index contributed by atoms with van der Waals surface area (Å²) in [5, 5.41) is 12.8. The Hall–Kier alpha value is -2.00. The molecule has 0 unspecified atom stereocenters. The van der Waals surface area contributed by atoms with Crippen LogP contribution in [-0.2, 0) is 0 Å². The van der Waals surface area contributed by atoms with E-state index >= 15 is 0 Å². The van der Waals surface area contributed by atoms with Crippen molar-refractivity contribution in [3.05, 3.63) is 50.2 Å². The number of nitrogens with zero attached hydrogens (tertiary/aromatic N) is 3. The van der Waals surface area contributed by atoms with Crippen molar-refractivity contribution in [3.8, 4) is 11.6 Å². The predicted molar refractivity (Wildman–Crippen MR) is 73.9 cm³/mol. The molecule has 0 aliphatic carbocycles. The molecule has 3 rings (SSSR count). The minimum Gasteiger partial charge on any atom is -0.429 e. The fraction of sp³-hybridized carbons (Fsp3) is 0. The number of fused-ring (bicyclic) bond motifs is 1. The molecule has 0 aliphatic rings. The lowest BCUT2D eigenvalue weighted by Gasteiger charge is -2.04. The second kappa shape index (κ2) is 4.84. The summed E-state index contributed by atoms with van der Waals surface area (Å²) in [5.74, 6) is -1.32. The minimum atomic E-state index is -0.634. The van der Waals surface area contributed by atoms with Crippen LogP contribution in [0.25, 0.3) is 4.96 Å². The summed E-state index contributed by atoms with van der Waals surface area (Å²) >= 11 is 4.34. The second-order valence-corrected chi connectivity index (χ2v) is 5.52. The lowest BCUT2D eigenvalue weighted by atomic mass is 10.3. The van der Waals surface area contributed by atoms with Crippen LogP contribution in [-0.4, -0.2) is 14.3 Å². The molecule has 9 heteroatoms. The summed E-state index contributed by atoms with van der Waals surface area (Å²) in [6, 6.07) is 4.15. The Kier molecular flexibility index (Phi) is 3.14. The van der Waals surface area contributed by atoms with Gasteiger partial charge in [0.1, 0.15) is 6.20 Å². The lowest BCUT2D eigenvalue weighted by molar-refractivity contribution is -0.391. The zero-order chi connectivity index (χ0) is 14.3. The highest BCUT2D eigenvalue weighted by Gasteiger charge is 2.26. The van der Waals surface area contributed by atoms with Gasteiger partial charge in [-0.25, -0.2) is 4.39 Å². The Labute approximate surface area is 123 Å². The van der Waals surface area contributed by atoms with Crippen molar-refractivity contribution in [3.63, 3.8) is 0 Å². The van der Waals surface area contributed by atoms with E-state index in [1.54, 1.807) is 11.4 Å². The highest BCUT2D eigenvalue weighted by molar-refractivity contribution is 9.10. The molecule has 3 aromatic rings. The van der Waals surface area contributed by atoms with Crippen molar-refractivity contribution >= 4 is 38.0 Å². The van der Waals surface area contributed by atoms with Gasteiger partial charge in [-0.1, -0.05) is 27.3 Å². The Morgan fingerprint density at radius 2 is 2.30 bits per heavy atom. The number of hydrogen-bond acceptors (Lipinski definition) is 5. The smallest absolute Gasteiger partial charge is 0.393 e. The minimum absolute atomic E-state index is 0.123. The van der Waals surface area contributed by atoms with E-state index in [-0.39, 0.29) is 17.4 Å². The average Bonchev–Trinajstić information content (AvgIpc) is 2.91. The third kappa shape index (κ3) is 2.14. The second-order valence-electron chi connectivity index (χ2n) is 3.73. The van der Waals surface area contributed by atoms with E-state index in [1.165, 1.54) is 34.1 Å². The van der Waals surface area contributed by atoms with Crippen LogP contribution in [0.15, 0.2) is 34.2 Å². The van der Waals surface area contributed by atoms with Crippen molar-refractivity contribution < 1.29 is 14.1 Å². The number of imidazole rings is 1. The van der Waals surface area contributed by atoms with Crippen LogP contribution in [0.3, 0.4) is 0 Å². The fourth-order valence-corrected chi connectivity index (χ4v) is 2.68. The normalized spacial score (nSPS) is 10.9. The number of nitro groups is 1. The predicted octanol–water partition coefficient (Wildman–Crippen LogP) is 4.00. The Morgan fingerprint density at radius 3 is 3.00 bits per heavy atom. The van der Waals surface area contributed by atoms with Gasteiger partial charge in [-0.3, -0.25) is 0 Å². The summed E-state index contributed by atoms with van der Waals surface area (Å²) in [7, 11) is 0. The summed E-state index contributed by atoms with van der Waals surface area (Å²) in [5.41, 5.74) is 0. The number of halogens is 2. The first kappa shape index (κ1) is 13.0. The summed E-state index contributed by atoms with van der Waals surface area (Å²) in [6.07, 6.45) is 1.51. The molecule has 0 N–H and O–H groups in total. The van der Waals surface area contributed by atoms with Crippen LogP contribution < -0.4 is 4.74 Å². The Bertz CT molecular complexity index is 816. The monoisotopic (exact) mass is 357 g/mol. The van der Waals surface area contributed by atoms with Crippen LogP contribution >= 0.6 is 27.3 Å². The molecule has 6 nitrogen and oxygen atoms in total. The quantitative estimate of drug-likeness (QED) is 0.524. The maximum Gasteiger partial charge on any atom is 0.393 e. The van der Waals surface area contributed by atoms with Crippen molar-refractivity contribution in [2.45, 2.75) is 0 Å². The average molecular weight is 358 g/mol. The van der Waals surface area contributed by atoms with Gasteiger partial charge in [0.05, 0.1) is 0 Å². The van der Waals surface area contributed by atoms with Gasteiger partial charge in [0.25, 0.3) is 4.96 Å². The van der Waals surface area contributed by atoms with Crippen LogP contribution in [0.4, 0.5) is 10.2 Å². The van der Waals surface area contributed by atoms with E-state index in [0.29, 0.717) is 9.43 Å². The molecule has 0 fully saturated rings. The molecular formula is C11H5BrFN3O3S. The van der Waals surface area contributed by atoms with E-state index < -0.39 is 10.7 Å². The van der Waals surface area contributed by atoms with Crippen LogP contribution in [0.1, 0.15) is 0 Å². The molecule has 0 spiro atoms. The van der Waals surface area contributed by atoms with Gasteiger partial charge >= 0.3 is 11.7 Å². The van der Waals surface area contributed by atoms with E-state index in [1.807, 2.05) is 0 Å². The molecule has 0 atom stereocenters. The molecule has 0 amide bonds. The molecule has 0 bridgehead atoms. The van der Waals surface area contributed by atoms with E-state index in [4.69, 9.17) is 4.74 Å². The highest BCUT2D eigenvalue weighted by Crippen LogP contribution is 2.34. The van der Waals surface area contributed by atoms with Gasteiger partial charge in [0, 0.05) is 9.85 Å². The van der Waals surface area contributed by atoms with Crippen molar-refractivity contribution in [2.75, 3.05) is 0 Å². The number of benzene rings is 1. The number of rotatable bonds is 3. The Balaban J connectivity index is 2.08. The maximum atomic E-state index is 13.7. The molecule has 2 heterocycles. The standard InChI is InChI=1S/C11H5BrFN3O3S/c12-6-1-2-8(7(13)5-6)19-9-10(16(17)18)15-3-4-20-11(15)14-9/h1-5H. The molecule has 0 saturated heterocycles. The lowest BCUT2D eigenvalue weighted by Crippen LogP contribution is -1.96. The third-order valence-electron chi connectivity index (χ3n) is 2.48. The molecule has 2 aromatic heterocycles. The number of thiazole rings is 1. The third-order valence-corrected chi connectivity index (χ3v) is 3.73. The molecule has 20 heavy (non-hydrogen) atoms. The molecule has 0 aliphatic heterocycles. The van der Waals surface area contributed by atoms with Gasteiger partial charge in [-0.15, -0.1) is 0 Å². The number of ether oxygens (including phenoxy) is 1. The van der Waals surface area contributed by atoms with E-state index in [9.17, 15) is 14.5 Å². The first-order valence-corrected chi connectivity index (χ1v) is 6.96. The van der Waals surface area contributed by atoms with Crippen molar-refractivity contribution in [2.24, 2.45) is 0 Å². The zero-order valence-corrected chi connectivity index (χ0v) is 12.0. The van der Waals surface area contributed by atoms with Crippen LogP contribution in [0.5, 0.6) is 11.6 Å². The zero-order valence-electron chi connectivity index (χ0n) is 9.62. The molecule has 0 saturated carbocycles. The maximum absolute atomic E-state index is 13.7. The van der Waals surface area contributed by atoms with Gasteiger partial charge in [0.2, 0.25) is 0 Å². The van der Waals surface area contributed by atoms with Crippen LogP contribution in [0, 0.1) is 15.9 Å². The van der Waals surface area contributed by atoms with Gasteiger partial charge in [0.15, 0.2) is 11.6 Å². The van der Waals surface area contributed by atoms with Gasteiger partial charge in [-0.05, 0) is 23.1 Å². The van der Waals surface area contributed by atoms with Crippen molar-refractivity contribution in [1.82, 2.24) is 9.38 Å². The first-order chi connectivity index (χ1) is 9.56. The SMILES string of the molecule is O=[N+]([O-])c1c(Oc2ccc(Br)cc2F)nc2sccn12. The summed E-state index contributed by atoms with van der Waals surface area (Å²) < 4.78 is 20.8. The van der Waals surface area contributed by atoms with Gasteiger partial charge < -0.3 is 14.9 Å². The van der Waals surface area contributed by atoms with Gasteiger partial charge in [-0.2, -0.15) is 9.38 Å². The fourth-order valence-electron chi connectivity index (χ4n) is 1.65. The molecular weight excluding hydrogens is 353 g/mol. The first-order valence-electron chi connectivity index (χ1n) is 5.29. The Morgan fingerprint density at radius 1 is 1.50 bits per heavy atom. The topological polar surface area (TPSA) is 69.7 Å². The molecule has 0 radical (unpaired) electrons.